The molecule has 0 radical (unpaired) electrons. The van der Waals surface area contributed by atoms with Crippen molar-refractivity contribution >= 4 is 16.0 Å². The maximum absolute atomic E-state index is 11.7. The van der Waals surface area contributed by atoms with Gasteiger partial charge >= 0.3 is 5.97 Å². The highest BCUT2D eigenvalue weighted by atomic mass is 32.2. The molecule has 1 saturated heterocycles. The molecule has 0 aromatic heterocycles. The SMILES string of the molecule is CC(C(=O)O)S(=O)(=O)N1CCC(CN)C1. The number of carboxylic acids is 1. The van der Waals surface area contributed by atoms with E-state index in [9.17, 15) is 13.2 Å². The van der Waals surface area contributed by atoms with Crippen molar-refractivity contribution in [3.8, 4) is 0 Å². The normalized spacial score (nSPS) is 25.3. The molecule has 1 aliphatic heterocycles. The van der Waals surface area contributed by atoms with Gasteiger partial charge in [0.2, 0.25) is 10.0 Å². The number of rotatable bonds is 4. The molecule has 2 unspecified atom stereocenters. The van der Waals surface area contributed by atoms with Crippen LogP contribution < -0.4 is 5.73 Å². The molecule has 15 heavy (non-hydrogen) atoms. The number of nitrogens with zero attached hydrogens (tertiary/aromatic N) is 1. The molecule has 0 spiro atoms. The van der Waals surface area contributed by atoms with Crippen LogP contribution in [0.5, 0.6) is 0 Å². The van der Waals surface area contributed by atoms with Crippen LogP contribution in [0.15, 0.2) is 0 Å². The molecule has 88 valence electrons. The summed E-state index contributed by atoms with van der Waals surface area (Å²) >= 11 is 0. The van der Waals surface area contributed by atoms with Crippen LogP contribution >= 0.6 is 0 Å². The van der Waals surface area contributed by atoms with Gasteiger partial charge in [0.05, 0.1) is 0 Å². The second-order valence-corrected chi connectivity index (χ2v) is 6.03. The van der Waals surface area contributed by atoms with E-state index in [-0.39, 0.29) is 5.92 Å². The van der Waals surface area contributed by atoms with Crippen LogP contribution in [0.3, 0.4) is 0 Å². The van der Waals surface area contributed by atoms with Crippen molar-refractivity contribution in [2.75, 3.05) is 19.6 Å². The Balaban J connectivity index is 2.76. The minimum absolute atomic E-state index is 0.153. The fraction of sp³-hybridized carbons (Fsp3) is 0.875. The Morgan fingerprint density at radius 1 is 1.67 bits per heavy atom. The van der Waals surface area contributed by atoms with E-state index < -0.39 is 21.2 Å². The van der Waals surface area contributed by atoms with E-state index in [1.54, 1.807) is 0 Å². The van der Waals surface area contributed by atoms with Gasteiger partial charge in [-0.3, -0.25) is 4.79 Å². The molecule has 0 aliphatic carbocycles. The molecular formula is C8H16N2O4S. The first kappa shape index (κ1) is 12.4. The first-order chi connectivity index (χ1) is 6.89. The topological polar surface area (TPSA) is 101 Å². The smallest absolute Gasteiger partial charge is 0.323 e. The van der Waals surface area contributed by atoms with Crippen LogP contribution in [-0.2, 0) is 14.8 Å². The highest BCUT2D eigenvalue weighted by Crippen LogP contribution is 2.21. The van der Waals surface area contributed by atoms with Gasteiger partial charge in [0.15, 0.2) is 5.25 Å². The van der Waals surface area contributed by atoms with Crippen LogP contribution in [0.1, 0.15) is 13.3 Å². The van der Waals surface area contributed by atoms with Gasteiger partial charge in [0.1, 0.15) is 0 Å². The van der Waals surface area contributed by atoms with Gasteiger partial charge in [-0.15, -0.1) is 0 Å². The third kappa shape index (κ3) is 2.47. The van der Waals surface area contributed by atoms with Crippen molar-refractivity contribution in [3.63, 3.8) is 0 Å². The van der Waals surface area contributed by atoms with Gasteiger partial charge in [-0.05, 0) is 25.8 Å². The monoisotopic (exact) mass is 236 g/mol. The lowest BCUT2D eigenvalue weighted by molar-refractivity contribution is -0.136. The predicted molar refractivity (Wildman–Crippen MR) is 54.8 cm³/mol. The molecule has 1 fully saturated rings. The van der Waals surface area contributed by atoms with Gasteiger partial charge < -0.3 is 10.8 Å². The van der Waals surface area contributed by atoms with Crippen LogP contribution in [0.2, 0.25) is 0 Å². The van der Waals surface area contributed by atoms with Crippen molar-refractivity contribution in [2.45, 2.75) is 18.6 Å². The molecule has 2 atom stereocenters. The molecular weight excluding hydrogens is 220 g/mol. The third-order valence-corrected chi connectivity index (χ3v) is 4.88. The van der Waals surface area contributed by atoms with Crippen LogP contribution in [0.4, 0.5) is 0 Å². The van der Waals surface area contributed by atoms with Gasteiger partial charge in [0.25, 0.3) is 0 Å². The fourth-order valence-electron chi connectivity index (χ4n) is 1.57. The molecule has 6 nitrogen and oxygen atoms in total. The van der Waals surface area contributed by atoms with Crippen molar-refractivity contribution in [1.82, 2.24) is 4.31 Å². The quantitative estimate of drug-likeness (QED) is 0.656. The molecule has 0 bridgehead atoms. The molecule has 0 saturated carbocycles. The first-order valence-corrected chi connectivity index (χ1v) is 6.31. The molecule has 1 heterocycles. The Kier molecular flexibility index (Phi) is 3.69. The second-order valence-electron chi connectivity index (χ2n) is 3.77. The van der Waals surface area contributed by atoms with Crippen LogP contribution in [0.25, 0.3) is 0 Å². The van der Waals surface area contributed by atoms with Crippen molar-refractivity contribution in [1.29, 1.82) is 0 Å². The summed E-state index contributed by atoms with van der Waals surface area (Å²) in [5.41, 5.74) is 5.44. The van der Waals surface area contributed by atoms with E-state index in [4.69, 9.17) is 10.8 Å². The van der Waals surface area contributed by atoms with Crippen LogP contribution in [-0.4, -0.2) is 48.7 Å². The Bertz CT molecular complexity index is 341. The van der Waals surface area contributed by atoms with Gasteiger partial charge in [0, 0.05) is 13.1 Å². The van der Waals surface area contributed by atoms with E-state index in [2.05, 4.69) is 0 Å². The van der Waals surface area contributed by atoms with Crippen molar-refractivity contribution in [3.05, 3.63) is 0 Å². The number of hydrogen-bond donors (Lipinski definition) is 2. The summed E-state index contributed by atoms with van der Waals surface area (Å²) in [6.45, 7) is 2.35. The van der Waals surface area contributed by atoms with Crippen molar-refractivity contribution in [2.24, 2.45) is 11.7 Å². The average Bonchev–Trinajstić information content (AvgIpc) is 2.65. The molecule has 0 amide bonds. The van der Waals surface area contributed by atoms with E-state index >= 15 is 0 Å². The zero-order valence-electron chi connectivity index (χ0n) is 8.59. The summed E-state index contributed by atoms with van der Waals surface area (Å²) in [6, 6.07) is 0. The Morgan fingerprint density at radius 2 is 2.27 bits per heavy atom. The van der Waals surface area contributed by atoms with Gasteiger partial charge in [-0.1, -0.05) is 0 Å². The average molecular weight is 236 g/mol. The number of hydrogen-bond acceptors (Lipinski definition) is 4. The standard InChI is InChI=1S/C8H16N2O4S/c1-6(8(11)12)15(13,14)10-3-2-7(4-9)5-10/h6-7H,2-5,9H2,1H3,(H,11,12). The summed E-state index contributed by atoms with van der Waals surface area (Å²) in [4.78, 5) is 10.6. The molecule has 1 aliphatic rings. The van der Waals surface area contributed by atoms with E-state index in [0.29, 0.717) is 26.1 Å². The minimum atomic E-state index is -3.70. The number of nitrogens with two attached hydrogens (primary N) is 1. The summed E-state index contributed by atoms with van der Waals surface area (Å²) < 4.78 is 24.7. The third-order valence-electron chi connectivity index (χ3n) is 2.74. The maximum atomic E-state index is 11.7. The minimum Gasteiger partial charge on any atom is -0.480 e. The molecule has 0 aromatic rings. The fourth-order valence-corrected chi connectivity index (χ4v) is 3.05. The summed E-state index contributed by atoms with van der Waals surface area (Å²) in [7, 11) is -3.70. The zero-order chi connectivity index (χ0) is 11.6. The second kappa shape index (κ2) is 4.46. The lowest BCUT2D eigenvalue weighted by Crippen LogP contribution is -2.40. The lowest BCUT2D eigenvalue weighted by Gasteiger charge is -2.18. The van der Waals surface area contributed by atoms with Crippen LogP contribution in [0, 0.1) is 5.92 Å². The van der Waals surface area contributed by atoms with E-state index in [1.165, 1.54) is 11.2 Å². The zero-order valence-corrected chi connectivity index (χ0v) is 9.40. The molecule has 1 rings (SSSR count). The van der Waals surface area contributed by atoms with Gasteiger partial charge in [-0.25, -0.2) is 12.7 Å². The number of carbonyl (C=O) groups is 1. The maximum Gasteiger partial charge on any atom is 0.323 e. The predicted octanol–water partition coefficient (Wildman–Crippen LogP) is -0.930. The molecule has 7 heteroatoms. The highest BCUT2D eigenvalue weighted by Gasteiger charge is 2.37. The first-order valence-electron chi connectivity index (χ1n) is 4.81. The largest absolute Gasteiger partial charge is 0.480 e. The van der Waals surface area contributed by atoms with E-state index in [0.717, 1.165) is 0 Å². The molecule has 3 N–H and O–H groups in total. The highest BCUT2D eigenvalue weighted by molar-refractivity contribution is 7.90. The lowest BCUT2D eigenvalue weighted by atomic mass is 10.1. The molecule has 0 aromatic carbocycles. The summed E-state index contributed by atoms with van der Waals surface area (Å²) in [5.74, 6) is -1.16. The van der Waals surface area contributed by atoms with E-state index in [1.807, 2.05) is 0 Å². The summed E-state index contributed by atoms with van der Waals surface area (Å²) in [6.07, 6.45) is 0.710. The number of carboxylic acid groups (broad SMARTS) is 1. The van der Waals surface area contributed by atoms with Gasteiger partial charge in [-0.2, -0.15) is 0 Å². The Labute approximate surface area is 89.1 Å². The summed E-state index contributed by atoms with van der Waals surface area (Å²) in [5, 5.41) is 7.29. The Morgan fingerprint density at radius 3 is 2.67 bits per heavy atom. The number of sulfonamides is 1. The Hall–Kier alpha value is -0.660. The van der Waals surface area contributed by atoms with Crippen molar-refractivity contribution < 1.29 is 18.3 Å². The number of aliphatic carboxylic acids is 1.